The third-order valence-electron chi connectivity index (χ3n) is 2.28. The van der Waals surface area contributed by atoms with E-state index in [9.17, 15) is 9.59 Å². The summed E-state index contributed by atoms with van der Waals surface area (Å²) in [4.78, 5) is 24.2. The molecule has 0 aromatic heterocycles. The number of hydrogen-bond acceptors (Lipinski definition) is 3. The zero-order chi connectivity index (χ0) is 12.1. The van der Waals surface area contributed by atoms with E-state index in [0.29, 0.717) is 17.8 Å². The lowest BCUT2D eigenvalue weighted by atomic mass is 10.2. The van der Waals surface area contributed by atoms with Gasteiger partial charge in [0.2, 0.25) is 5.91 Å². The van der Waals surface area contributed by atoms with Gasteiger partial charge in [0.25, 0.3) is 0 Å². The van der Waals surface area contributed by atoms with Crippen molar-refractivity contribution in [2.45, 2.75) is 13.8 Å². The molecule has 1 rings (SSSR count). The van der Waals surface area contributed by atoms with E-state index in [0.717, 1.165) is 0 Å². The summed E-state index contributed by atoms with van der Waals surface area (Å²) in [6.45, 7) is 3.94. The Labute approximate surface area is 94.8 Å². The molecule has 0 atom stereocenters. The Kier molecular flexibility index (Phi) is 4.05. The van der Waals surface area contributed by atoms with Crippen LogP contribution < -0.4 is 4.90 Å². The Morgan fingerprint density at radius 3 is 2.56 bits per heavy atom. The maximum absolute atomic E-state index is 11.3. The van der Waals surface area contributed by atoms with Crippen molar-refractivity contribution in [2.24, 2.45) is 0 Å². The third-order valence-corrected chi connectivity index (χ3v) is 2.28. The average Bonchev–Trinajstić information content (AvgIpc) is 2.29. The molecule has 0 aliphatic rings. The number of amides is 1. The van der Waals surface area contributed by atoms with Crippen LogP contribution in [-0.2, 0) is 9.53 Å². The molecule has 0 radical (unpaired) electrons. The summed E-state index contributed by atoms with van der Waals surface area (Å²) in [5, 5.41) is 0. The number of ether oxygens (including phenoxy) is 1. The first-order valence-corrected chi connectivity index (χ1v) is 5.06. The summed E-state index contributed by atoms with van der Waals surface area (Å²) in [6, 6.07) is 6.82. The number of hydrogen-bond donors (Lipinski definition) is 0. The second kappa shape index (κ2) is 5.30. The predicted octanol–water partition coefficient (Wildman–Crippen LogP) is 1.85. The number of anilines is 1. The smallest absolute Gasteiger partial charge is 0.337 e. The van der Waals surface area contributed by atoms with Crippen LogP contribution >= 0.6 is 0 Å². The van der Waals surface area contributed by atoms with Gasteiger partial charge in [0, 0.05) is 19.2 Å². The van der Waals surface area contributed by atoms with Gasteiger partial charge in [-0.25, -0.2) is 4.79 Å². The fraction of sp³-hybridized carbons (Fsp3) is 0.333. The first kappa shape index (κ1) is 12.2. The quantitative estimate of drug-likeness (QED) is 0.732. The van der Waals surface area contributed by atoms with Crippen LogP contribution in [-0.4, -0.2) is 25.5 Å². The molecule has 0 unspecified atom stereocenters. The van der Waals surface area contributed by atoms with Crippen LogP contribution in [0, 0.1) is 0 Å². The number of carbonyl (C=O) groups is 2. The van der Waals surface area contributed by atoms with E-state index < -0.39 is 5.97 Å². The summed E-state index contributed by atoms with van der Waals surface area (Å²) in [6.07, 6.45) is 0. The zero-order valence-electron chi connectivity index (χ0n) is 9.69. The molecule has 0 bridgehead atoms. The predicted molar refractivity (Wildman–Crippen MR) is 61.5 cm³/mol. The van der Waals surface area contributed by atoms with Gasteiger partial charge in [-0.05, 0) is 25.1 Å². The van der Waals surface area contributed by atoms with Crippen LogP contribution in [0.4, 0.5) is 5.69 Å². The minimum absolute atomic E-state index is 0.0514. The number of esters is 1. The second-order valence-electron chi connectivity index (χ2n) is 3.31. The monoisotopic (exact) mass is 221 g/mol. The number of nitrogens with zero attached hydrogens (tertiary/aromatic N) is 1. The van der Waals surface area contributed by atoms with Gasteiger partial charge in [0.05, 0.1) is 12.7 Å². The summed E-state index contributed by atoms with van der Waals surface area (Å²) in [7, 11) is 1.33. The van der Waals surface area contributed by atoms with Crippen molar-refractivity contribution in [3.8, 4) is 0 Å². The van der Waals surface area contributed by atoms with E-state index in [1.165, 1.54) is 14.0 Å². The van der Waals surface area contributed by atoms with Gasteiger partial charge in [-0.3, -0.25) is 4.79 Å². The molecule has 0 spiro atoms. The first-order valence-electron chi connectivity index (χ1n) is 5.06. The molecule has 0 fully saturated rings. The molecular weight excluding hydrogens is 206 g/mol. The number of carbonyl (C=O) groups excluding carboxylic acids is 2. The minimum atomic E-state index is -0.401. The molecule has 0 saturated heterocycles. The molecular formula is C12H15NO3. The summed E-state index contributed by atoms with van der Waals surface area (Å²) < 4.78 is 4.62. The SMILES string of the molecule is CCN(C(C)=O)c1cccc(C(=O)OC)c1. The number of rotatable bonds is 3. The van der Waals surface area contributed by atoms with Gasteiger partial charge in [0.1, 0.15) is 0 Å². The fourth-order valence-corrected chi connectivity index (χ4v) is 1.51. The van der Waals surface area contributed by atoms with Gasteiger partial charge >= 0.3 is 5.97 Å². The van der Waals surface area contributed by atoms with Crippen molar-refractivity contribution in [1.82, 2.24) is 0 Å². The third kappa shape index (κ3) is 2.59. The Bertz CT molecular complexity index is 401. The van der Waals surface area contributed by atoms with E-state index in [1.807, 2.05) is 6.92 Å². The normalized spacial score (nSPS) is 9.69. The molecule has 0 heterocycles. The standard InChI is InChI=1S/C12H15NO3/c1-4-13(9(2)14)11-7-5-6-10(8-11)12(15)16-3/h5-8H,4H2,1-3H3. The zero-order valence-corrected chi connectivity index (χ0v) is 9.69. The van der Waals surface area contributed by atoms with Gasteiger partial charge < -0.3 is 9.64 Å². The fourth-order valence-electron chi connectivity index (χ4n) is 1.51. The molecule has 16 heavy (non-hydrogen) atoms. The van der Waals surface area contributed by atoms with Crippen molar-refractivity contribution in [2.75, 3.05) is 18.6 Å². The Morgan fingerprint density at radius 1 is 1.38 bits per heavy atom. The van der Waals surface area contributed by atoms with Crippen molar-refractivity contribution in [3.63, 3.8) is 0 Å². The highest BCUT2D eigenvalue weighted by molar-refractivity contribution is 5.95. The van der Waals surface area contributed by atoms with E-state index in [4.69, 9.17) is 0 Å². The lowest BCUT2D eigenvalue weighted by Gasteiger charge is -2.19. The topological polar surface area (TPSA) is 46.6 Å². The molecule has 4 heteroatoms. The van der Waals surface area contributed by atoms with Crippen LogP contribution in [0.15, 0.2) is 24.3 Å². The largest absolute Gasteiger partial charge is 0.465 e. The van der Waals surface area contributed by atoms with Crippen LogP contribution in [0.1, 0.15) is 24.2 Å². The Balaban J connectivity index is 3.06. The maximum atomic E-state index is 11.3. The molecule has 0 aliphatic heterocycles. The highest BCUT2D eigenvalue weighted by atomic mass is 16.5. The van der Waals surface area contributed by atoms with Crippen LogP contribution in [0.5, 0.6) is 0 Å². The number of benzene rings is 1. The summed E-state index contributed by atoms with van der Waals surface area (Å²) in [5.74, 6) is -0.453. The molecule has 1 aromatic carbocycles. The van der Waals surface area contributed by atoms with E-state index >= 15 is 0 Å². The molecule has 0 aliphatic carbocycles. The van der Waals surface area contributed by atoms with Gasteiger partial charge in [0.15, 0.2) is 0 Å². The molecule has 4 nitrogen and oxygen atoms in total. The van der Waals surface area contributed by atoms with Crippen molar-refractivity contribution in [1.29, 1.82) is 0 Å². The lowest BCUT2D eigenvalue weighted by Crippen LogP contribution is -2.28. The minimum Gasteiger partial charge on any atom is -0.465 e. The van der Waals surface area contributed by atoms with Crippen LogP contribution in [0.2, 0.25) is 0 Å². The van der Waals surface area contributed by atoms with Gasteiger partial charge in [-0.1, -0.05) is 6.07 Å². The number of methoxy groups -OCH3 is 1. The molecule has 1 aromatic rings. The van der Waals surface area contributed by atoms with Crippen LogP contribution in [0.25, 0.3) is 0 Å². The Hall–Kier alpha value is -1.84. The van der Waals surface area contributed by atoms with E-state index in [-0.39, 0.29) is 5.91 Å². The lowest BCUT2D eigenvalue weighted by molar-refractivity contribution is -0.116. The highest BCUT2D eigenvalue weighted by Crippen LogP contribution is 2.16. The van der Waals surface area contributed by atoms with Crippen molar-refractivity contribution < 1.29 is 14.3 Å². The molecule has 86 valence electrons. The van der Waals surface area contributed by atoms with Gasteiger partial charge in [-0.2, -0.15) is 0 Å². The molecule has 0 N–H and O–H groups in total. The van der Waals surface area contributed by atoms with Gasteiger partial charge in [-0.15, -0.1) is 0 Å². The van der Waals surface area contributed by atoms with Crippen molar-refractivity contribution >= 4 is 17.6 Å². The summed E-state index contributed by atoms with van der Waals surface area (Å²) in [5.41, 5.74) is 1.15. The molecule has 0 saturated carbocycles. The average molecular weight is 221 g/mol. The van der Waals surface area contributed by atoms with Crippen LogP contribution in [0.3, 0.4) is 0 Å². The second-order valence-corrected chi connectivity index (χ2v) is 3.31. The summed E-state index contributed by atoms with van der Waals surface area (Å²) >= 11 is 0. The highest BCUT2D eigenvalue weighted by Gasteiger charge is 2.11. The van der Waals surface area contributed by atoms with E-state index in [2.05, 4.69) is 4.74 Å². The van der Waals surface area contributed by atoms with E-state index in [1.54, 1.807) is 29.2 Å². The first-order chi connectivity index (χ1) is 7.60. The maximum Gasteiger partial charge on any atom is 0.337 e. The molecule has 1 amide bonds. The Morgan fingerprint density at radius 2 is 2.06 bits per heavy atom. The van der Waals surface area contributed by atoms with Crippen molar-refractivity contribution in [3.05, 3.63) is 29.8 Å².